The molecule has 1 fully saturated rings. The van der Waals surface area contributed by atoms with E-state index in [1.807, 2.05) is 42.5 Å². The van der Waals surface area contributed by atoms with Crippen molar-refractivity contribution in [2.45, 2.75) is 32.0 Å². The van der Waals surface area contributed by atoms with Crippen LogP contribution >= 0.6 is 0 Å². The van der Waals surface area contributed by atoms with Crippen molar-refractivity contribution in [2.24, 2.45) is 0 Å². The molecule has 28 heavy (non-hydrogen) atoms. The van der Waals surface area contributed by atoms with Gasteiger partial charge >= 0.3 is 6.61 Å². The molecule has 0 radical (unpaired) electrons. The number of likely N-dealkylation sites (tertiary alicyclic amines) is 1. The van der Waals surface area contributed by atoms with Gasteiger partial charge in [0.25, 0.3) is 0 Å². The molecule has 0 bridgehead atoms. The highest BCUT2D eigenvalue weighted by Crippen LogP contribution is 2.30. The molecule has 0 unspecified atom stereocenters. The first-order valence-corrected chi connectivity index (χ1v) is 9.66. The van der Waals surface area contributed by atoms with Crippen LogP contribution in [-0.2, 0) is 6.54 Å². The SMILES string of the molecule is FC(F)Oc1ccc2ccccc2c1CNC[C@@H](c1ccco1)N1CCCC1. The van der Waals surface area contributed by atoms with Gasteiger partial charge in [-0.25, -0.2) is 0 Å². The van der Waals surface area contributed by atoms with Gasteiger partial charge in [0.05, 0.1) is 12.3 Å². The fourth-order valence-electron chi connectivity index (χ4n) is 3.98. The standard InChI is InChI=1S/C22H24F2N2O2/c23-22(24)28-20-10-9-16-6-1-2-7-17(16)18(20)14-25-15-19(21-8-5-13-27-21)26-11-3-4-12-26/h1-2,5-10,13,19,22,25H,3-4,11-12,14-15H2/t19-/m0/s1. The molecule has 0 amide bonds. The summed E-state index contributed by atoms with van der Waals surface area (Å²) in [5, 5.41) is 5.37. The Hall–Kier alpha value is -2.44. The van der Waals surface area contributed by atoms with Crippen molar-refractivity contribution in [1.82, 2.24) is 10.2 Å². The van der Waals surface area contributed by atoms with E-state index >= 15 is 0 Å². The maximum absolute atomic E-state index is 12.9. The quantitative estimate of drug-likeness (QED) is 0.594. The lowest BCUT2D eigenvalue weighted by Crippen LogP contribution is -2.33. The van der Waals surface area contributed by atoms with Crippen molar-refractivity contribution < 1.29 is 17.9 Å². The number of benzene rings is 2. The molecule has 0 spiro atoms. The van der Waals surface area contributed by atoms with Gasteiger partial charge in [-0.15, -0.1) is 0 Å². The molecule has 3 aromatic rings. The Kier molecular flexibility index (Phi) is 5.88. The minimum Gasteiger partial charge on any atom is -0.468 e. The molecule has 1 aliphatic rings. The van der Waals surface area contributed by atoms with Crippen LogP contribution < -0.4 is 10.1 Å². The van der Waals surface area contributed by atoms with Gasteiger partial charge < -0.3 is 14.5 Å². The van der Waals surface area contributed by atoms with Crippen molar-refractivity contribution in [1.29, 1.82) is 0 Å². The van der Waals surface area contributed by atoms with Gasteiger partial charge in [0, 0.05) is 18.7 Å². The molecular formula is C22H24F2N2O2. The van der Waals surface area contributed by atoms with Crippen molar-refractivity contribution in [3.05, 3.63) is 66.1 Å². The van der Waals surface area contributed by atoms with Crippen molar-refractivity contribution in [3.63, 3.8) is 0 Å². The fraction of sp³-hybridized carbons (Fsp3) is 0.364. The summed E-state index contributed by atoms with van der Waals surface area (Å²) < 4.78 is 36.2. The molecule has 1 aliphatic heterocycles. The Morgan fingerprint density at radius 3 is 2.61 bits per heavy atom. The third kappa shape index (κ3) is 4.18. The monoisotopic (exact) mass is 386 g/mol. The molecule has 2 heterocycles. The van der Waals surface area contributed by atoms with E-state index in [1.165, 1.54) is 12.8 Å². The van der Waals surface area contributed by atoms with Crippen LogP contribution in [0.5, 0.6) is 5.75 Å². The lowest BCUT2D eigenvalue weighted by molar-refractivity contribution is -0.0503. The van der Waals surface area contributed by atoms with Crippen LogP contribution in [0.1, 0.15) is 30.2 Å². The molecular weight excluding hydrogens is 362 g/mol. The lowest BCUT2D eigenvalue weighted by atomic mass is 10.0. The number of nitrogens with one attached hydrogen (secondary N) is 1. The second-order valence-electron chi connectivity index (χ2n) is 7.05. The maximum atomic E-state index is 12.9. The number of rotatable bonds is 8. The predicted octanol–water partition coefficient (Wildman–Crippen LogP) is 4.96. The molecule has 148 valence electrons. The number of halogens is 2. The number of fused-ring (bicyclic) bond motifs is 1. The van der Waals surface area contributed by atoms with Crippen LogP contribution in [0.15, 0.2) is 59.2 Å². The normalized spacial score (nSPS) is 16.1. The van der Waals surface area contributed by atoms with Gasteiger partial charge in [0.1, 0.15) is 11.5 Å². The zero-order valence-electron chi connectivity index (χ0n) is 15.6. The number of furan rings is 1. The smallest absolute Gasteiger partial charge is 0.387 e. The average molecular weight is 386 g/mol. The summed E-state index contributed by atoms with van der Waals surface area (Å²) in [5.74, 6) is 1.15. The first kappa shape index (κ1) is 18.9. The van der Waals surface area contributed by atoms with Crippen molar-refractivity contribution in [3.8, 4) is 5.75 Å². The van der Waals surface area contributed by atoms with Gasteiger partial charge in [0.15, 0.2) is 0 Å². The molecule has 2 aromatic carbocycles. The predicted molar refractivity (Wildman–Crippen MR) is 105 cm³/mol. The highest BCUT2D eigenvalue weighted by molar-refractivity contribution is 5.87. The lowest BCUT2D eigenvalue weighted by Gasteiger charge is -2.26. The third-order valence-corrected chi connectivity index (χ3v) is 5.31. The van der Waals surface area contributed by atoms with E-state index in [2.05, 4.69) is 10.2 Å². The van der Waals surface area contributed by atoms with Gasteiger partial charge in [-0.2, -0.15) is 8.78 Å². The highest BCUT2D eigenvalue weighted by Gasteiger charge is 2.25. The van der Waals surface area contributed by atoms with E-state index in [0.29, 0.717) is 13.1 Å². The second kappa shape index (κ2) is 8.71. The zero-order chi connectivity index (χ0) is 19.3. The molecule has 1 atom stereocenters. The summed E-state index contributed by atoms with van der Waals surface area (Å²) in [6.07, 6.45) is 4.07. The highest BCUT2D eigenvalue weighted by atomic mass is 19.3. The number of alkyl halides is 2. The molecule has 4 nitrogen and oxygen atoms in total. The molecule has 6 heteroatoms. The van der Waals surface area contributed by atoms with E-state index in [4.69, 9.17) is 9.15 Å². The zero-order valence-corrected chi connectivity index (χ0v) is 15.6. The summed E-state index contributed by atoms with van der Waals surface area (Å²) in [4.78, 5) is 2.41. The first-order valence-electron chi connectivity index (χ1n) is 9.66. The van der Waals surface area contributed by atoms with E-state index in [1.54, 1.807) is 12.3 Å². The summed E-state index contributed by atoms with van der Waals surface area (Å²) in [6, 6.07) is 15.2. The van der Waals surface area contributed by atoms with Gasteiger partial charge in [-0.1, -0.05) is 30.3 Å². The Bertz CT molecular complexity index is 893. The van der Waals surface area contributed by atoms with Crippen LogP contribution in [0.3, 0.4) is 0 Å². The largest absolute Gasteiger partial charge is 0.468 e. The first-order chi connectivity index (χ1) is 13.7. The van der Waals surface area contributed by atoms with Crippen molar-refractivity contribution in [2.75, 3.05) is 19.6 Å². The van der Waals surface area contributed by atoms with Gasteiger partial charge in [0.2, 0.25) is 0 Å². The molecule has 1 aromatic heterocycles. The molecule has 1 N–H and O–H groups in total. The minimum atomic E-state index is -2.85. The summed E-state index contributed by atoms with van der Waals surface area (Å²) >= 11 is 0. The number of hydrogen-bond acceptors (Lipinski definition) is 4. The molecule has 0 saturated carbocycles. The van der Waals surface area contributed by atoms with Gasteiger partial charge in [-0.3, -0.25) is 4.90 Å². The molecule has 1 saturated heterocycles. The molecule has 4 rings (SSSR count). The van der Waals surface area contributed by atoms with Crippen LogP contribution in [0, 0.1) is 0 Å². The van der Waals surface area contributed by atoms with Crippen LogP contribution in [0.25, 0.3) is 10.8 Å². The van der Waals surface area contributed by atoms with Crippen molar-refractivity contribution >= 4 is 10.8 Å². The topological polar surface area (TPSA) is 37.6 Å². The fourth-order valence-corrected chi connectivity index (χ4v) is 3.98. The summed E-state index contributed by atoms with van der Waals surface area (Å²) in [6.45, 7) is 0.349. The summed E-state index contributed by atoms with van der Waals surface area (Å²) in [7, 11) is 0. The van der Waals surface area contributed by atoms with E-state index in [0.717, 1.165) is 35.2 Å². The van der Waals surface area contributed by atoms with E-state index in [-0.39, 0.29) is 11.8 Å². The number of ether oxygens (including phenoxy) is 1. The second-order valence-corrected chi connectivity index (χ2v) is 7.05. The number of hydrogen-bond donors (Lipinski definition) is 1. The Morgan fingerprint density at radius 1 is 1.04 bits per heavy atom. The van der Waals surface area contributed by atoms with Crippen LogP contribution in [0.2, 0.25) is 0 Å². The molecule has 0 aliphatic carbocycles. The van der Waals surface area contributed by atoms with Crippen LogP contribution in [0.4, 0.5) is 8.78 Å². The summed E-state index contributed by atoms with van der Waals surface area (Å²) in [5.41, 5.74) is 0.748. The Labute approximate surface area is 163 Å². The third-order valence-electron chi connectivity index (χ3n) is 5.31. The van der Waals surface area contributed by atoms with Crippen LogP contribution in [-0.4, -0.2) is 31.1 Å². The van der Waals surface area contributed by atoms with Gasteiger partial charge in [-0.05, 0) is 54.9 Å². The number of nitrogens with zero attached hydrogens (tertiary/aromatic N) is 1. The Morgan fingerprint density at radius 2 is 1.86 bits per heavy atom. The average Bonchev–Trinajstić information content (AvgIpc) is 3.40. The minimum absolute atomic E-state index is 0.131. The van der Waals surface area contributed by atoms with E-state index < -0.39 is 6.61 Å². The van der Waals surface area contributed by atoms with E-state index in [9.17, 15) is 8.78 Å². The Balaban J connectivity index is 1.54. The maximum Gasteiger partial charge on any atom is 0.387 e.